The van der Waals surface area contributed by atoms with Crippen molar-refractivity contribution in [1.82, 2.24) is 0 Å². The molecule has 3 aromatic carbocycles. The smallest absolute Gasteiger partial charge is 0.300 e. The Labute approximate surface area is 205 Å². The highest BCUT2D eigenvalue weighted by molar-refractivity contribution is 6.51. The van der Waals surface area contributed by atoms with Crippen molar-refractivity contribution < 1.29 is 24.5 Å². The number of ketones is 1. The predicted octanol–water partition coefficient (Wildman–Crippen LogP) is 5.63. The fraction of sp³-hybridized carbons (Fsp3) is 0.241. The van der Waals surface area contributed by atoms with Gasteiger partial charge in [0.2, 0.25) is 0 Å². The van der Waals surface area contributed by atoms with E-state index in [1.165, 1.54) is 17.0 Å². The average molecular weight is 472 g/mol. The number of phenolic OH excluding ortho intramolecular Hbond substituents is 1. The van der Waals surface area contributed by atoms with Crippen molar-refractivity contribution in [1.29, 1.82) is 0 Å². The maximum absolute atomic E-state index is 13.4. The van der Waals surface area contributed by atoms with Gasteiger partial charge in [0.05, 0.1) is 18.7 Å². The Balaban J connectivity index is 1.98. The number of carbonyl (C=O) groups excluding carboxylic acids is 2. The van der Waals surface area contributed by atoms with Gasteiger partial charge in [-0.3, -0.25) is 14.5 Å². The molecule has 1 unspecified atom stereocenters. The van der Waals surface area contributed by atoms with E-state index in [4.69, 9.17) is 4.74 Å². The Bertz CT molecular complexity index is 1350. The number of aliphatic hydroxyl groups excluding tert-OH is 1. The normalized spacial score (nSPS) is 17.6. The minimum atomic E-state index is -0.914. The van der Waals surface area contributed by atoms with Gasteiger partial charge in [-0.2, -0.15) is 0 Å². The molecule has 35 heavy (non-hydrogen) atoms. The van der Waals surface area contributed by atoms with Crippen LogP contribution in [0.15, 0.2) is 72.3 Å². The van der Waals surface area contributed by atoms with Gasteiger partial charge in [-0.15, -0.1) is 0 Å². The van der Waals surface area contributed by atoms with Gasteiger partial charge < -0.3 is 14.9 Å². The first-order valence-electron chi connectivity index (χ1n) is 11.4. The fourth-order valence-electron chi connectivity index (χ4n) is 4.52. The molecule has 4 rings (SSSR count). The third-order valence-electron chi connectivity index (χ3n) is 6.29. The molecule has 1 amide bonds. The number of para-hydroxylation sites is 1. The number of aryl methyl sites for hydroxylation is 1. The molecule has 1 aliphatic rings. The number of methoxy groups -OCH3 is 1. The highest BCUT2D eigenvalue weighted by Crippen LogP contribution is 2.44. The summed E-state index contributed by atoms with van der Waals surface area (Å²) >= 11 is 0. The number of ether oxygens (including phenoxy) is 1. The summed E-state index contributed by atoms with van der Waals surface area (Å²) in [5.74, 6) is -1.14. The summed E-state index contributed by atoms with van der Waals surface area (Å²) in [6.07, 6.45) is 0. The van der Waals surface area contributed by atoms with Gasteiger partial charge in [-0.05, 0) is 59.9 Å². The van der Waals surface area contributed by atoms with E-state index in [9.17, 15) is 19.8 Å². The van der Waals surface area contributed by atoms with E-state index in [2.05, 4.69) is 0 Å². The van der Waals surface area contributed by atoms with Gasteiger partial charge in [-0.25, -0.2) is 0 Å². The highest BCUT2D eigenvalue weighted by atomic mass is 16.5. The third-order valence-corrected chi connectivity index (χ3v) is 6.29. The molecule has 0 bridgehead atoms. The van der Waals surface area contributed by atoms with Crippen LogP contribution in [0.2, 0.25) is 0 Å². The van der Waals surface area contributed by atoms with Gasteiger partial charge in [0, 0.05) is 16.8 Å². The minimum Gasteiger partial charge on any atom is -0.508 e. The first kappa shape index (κ1) is 24.1. The number of carbonyl (C=O) groups is 2. The molecular formula is C29H29NO5. The topological polar surface area (TPSA) is 87.1 Å². The van der Waals surface area contributed by atoms with Crippen LogP contribution in [0.3, 0.4) is 0 Å². The molecule has 0 spiro atoms. The van der Waals surface area contributed by atoms with E-state index >= 15 is 0 Å². The van der Waals surface area contributed by atoms with E-state index in [-0.39, 0.29) is 22.5 Å². The van der Waals surface area contributed by atoms with E-state index in [1.54, 1.807) is 49.6 Å². The van der Waals surface area contributed by atoms with Crippen molar-refractivity contribution >= 4 is 23.1 Å². The summed E-state index contributed by atoms with van der Waals surface area (Å²) in [5.41, 5.74) is 2.81. The second-order valence-corrected chi connectivity index (χ2v) is 9.72. The number of amides is 1. The Hall–Kier alpha value is -4.06. The van der Waals surface area contributed by atoms with E-state index in [1.807, 2.05) is 39.8 Å². The third kappa shape index (κ3) is 4.28. The summed E-state index contributed by atoms with van der Waals surface area (Å²) in [6.45, 7) is 7.93. The molecule has 1 fully saturated rings. The van der Waals surface area contributed by atoms with E-state index in [0.29, 0.717) is 22.6 Å². The van der Waals surface area contributed by atoms with Crippen LogP contribution in [0.5, 0.6) is 11.5 Å². The number of aromatic hydroxyl groups is 1. The van der Waals surface area contributed by atoms with Crippen LogP contribution >= 0.6 is 0 Å². The predicted molar refractivity (Wildman–Crippen MR) is 136 cm³/mol. The maximum Gasteiger partial charge on any atom is 0.300 e. The molecule has 1 aliphatic heterocycles. The van der Waals surface area contributed by atoms with Crippen LogP contribution in [-0.4, -0.2) is 29.0 Å². The Morgan fingerprint density at radius 3 is 2.31 bits per heavy atom. The van der Waals surface area contributed by atoms with Gasteiger partial charge in [0.25, 0.3) is 11.7 Å². The maximum atomic E-state index is 13.4. The Morgan fingerprint density at radius 2 is 1.69 bits per heavy atom. The van der Waals surface area contributed by atoms with Gasteiger partial charge in [0.1, 0.15) is 17.3 Å². The monoisotopic (exact) mass is 471 g/mol. The van der Waals surface area contributed by atoms with Gasteiger partial charge in [0.15, 0.2) is 0 Å². The molecule has 6 nitrogen and oxygen atoms in total. The number of rotatable bonds is 4. The van der Waals surface area contributed by atoms with Crippen molar-refractivity contribution in [3.63, 3.8) is 0 Å². The molecule has 3 aromatic rings. The van der Waals surface area contributed by atoms with Crippen LogP contribution < -0.4 is 9.64 Å². The second kappa shape index (κ2) is 8.95. The largest absolute Gasteiger partial charge is 0.508 e. The number of nitrogens with zero attached hydrogens (tertiary/aromatic N) is 1. The summed E-state index contributed by atoms with van der Waals surface area (Å²) in [5, 5.41) is 21.6. The zero-order valence-corrected chi connectivity index (χ0v) is 20.5. The van der Waals surface area contributed by atoms with E-state index in [0.717, 1.165) is 11.1 Å². The average Bonchev–Trinajstić information content (AvgIpc) is 3.08. The summed E-state index contributed by atoms with van der Waals surface area (Å²) in [6, 6.07) is 17.9. The zero-order valence-electron chi connectivity index (χ0n) is 20.5. The SMILES string of the molecule is COc1ccc(/C(O)=C2/C(=O)C(=O)N(c3ccccc3C)C2c2cccc(O)c2)cc1C(C)(C)C. The van der Waals surface area contributed by atoms with Crippen LogP contribution in [0, 0.1) is 6.92 Å². The van der Waals surface area contributed by atoms with Crippen LogP contribution in [0.1, 0.15) is 49.1 Å². The van der Waals surface area contributed by atoms with Crippen molar-refractivity contribution in [2.45, 2.75) is 39.2 Å². The molecule has 180 valence electrons. The van der Waals surface area contributed by atoms with Crippen molar-refractivity contribution in [3.8, 4) is 11.5 Å². The standard InChI is InChI=1S/C29H29NO5/c1-17-9-6-7-12-22(17)30-25(18-10-8-11-20(31)15-18)24(27(33)28(30)34)26(32)19-13-14-23(35-5)21(16-19)29(2,3)4/h6-16,25,31-32H,1-5H3/b26-24-. The first-order valence-corrected chi connectivity index (χ1v) is 11.4. The number of hydrogen-bond donors (Lipinski definition) is 2. The molecule has 0 aromatic heterocycles. The lowest BCUT2D eigenvalue weighted by atomic mass is 9.84. The molecule has 0 aliphatic carbocycles. The molecule has 2 N–H and O–H groups in total. The number of phenols is 1. The van der Waals surface area contributed by atoms with Gasteiger partial charge in [-0.1, -0.05) is 51.1 Å². The van der Waals surface area contributed by atoms with Gasteiger partial charge >= 0.3 is 0 Å². The minimum absolute atomic E-state index is 0.00247. The molecule has 1 atom stereocenters. The molecular weight excluding hydrogens is 442 g/mol. The number of Topliss-reactive ketones (excluding diaryl/α,β-unsaturated/α-hetero) is 1. The lowest BCUT2D eigenvalue weighted by Gasteiger charge is -2.27. The lowest BCUT2D eigenvalue weighted by molar-refractivity contribution is -0.132. The lowest BCUT2D eigenvalue weighted by Crippen LogP contribution is -2.30. The molecule has 0 radical (unpaired) electrons. The fourth-order valence-corrected chi connectivity index (χ4v) is 4.52. The van der Waals surface area contributed by atoms with Crippen molar-refractivity contribution in [3.05, 3.63) is 94.6 Å². The molecule has 6 heteroatoms. The molecule has 0 saturated carbocycles. The van der Waals surface area contributed by atoms with Crippen LogP contribution in [0.4, 0.5) is 5.69 Å². The highest BCUT2D eigenvalue weighted by Gasteiger charge is 2.47. The first-order chi connectivity index (χ1) is 16.5. The number of anilines is 1. The number of hydrogen-bond acceptors (Lipinski definition) is 5. The van der Waals surface area contributed by atoms with Crippen LogP contribution in [0.25, 0.3) is 5.76 Å². The Kier molecular flexibility index (Phi) is 6.15. The molecule has 1 saturated heterocycles. The molecule has 1 heterocycles. The van der Waals surface area contributed by atoms with E-state index < -0.39 is 17.7 Å². The van der Waals surface area contributed by atoms with Crippen molar-refractivity contribution in [2.75, 3.05) is 12.0 Å². The number of aliphatic hydroxyl groups is 1. The quantitative estimate of drug-likeness (QED) is 0.292. The summed E-state index contributed by atoms with van der Waals surface area (Å²) < 4.78 is 5.51. The summed E-state index contributed by atoms with van der Waals surface area (Å²) in [4.78, 5) is 28.1. The Morgan fingerprint density at radius 1 is 0.971 bits per heavy atom. The summed E-state index contributed by atoms with van der Waals surface area (Å²) in [7, 11) is 1.58. The number of benzene rings is 3. The second-order valence-electron chi connectivity index (χ2n) is 9.72. The van der Waals surface area contributed by atoms with Crippen LogP contribution in [-0.2, 0) is 15.0 Å². The zero-order chi connectivity index (χ0) is 25.5. The van der Waals surface area contributed by atoms with Crippen molar-refractivity contribution in [2.24, 2.45) is 0 Å².